The summed E-state index contributed by atoms with van der Waals surface area (Å²) >= 11 is 0. The zero-order valence-electron chi connectivity index (χ0n) is 37.4. The van der Waals surface area contributed by atoms with Gasteiger partial charge in [0.2, 0.25) is 0 Å². The average Bonchev–Trinajstić information content (AvgIpc) is 4.01. The lowest BCUT2D eigenvalue weighted by molar-refractivity contribution is 0.669. The summed E-state index contributed by atoms with van der Waals surface area (Å²) in [6.45, 7) is 0. The predicted octanol–water partition coefficient (Wildman–Crippen LogP) is 14.8. The van der Waals surface area contributed by atoms with Crippen molar-refractivity contribution < 1.29 is 14.0 Å². The summed E-state index contributed by atoms with van der Waals surface area (Å²) in [4.78, 5) is 0. The molecule has 0 radical (unpaired) electrons. The van der Waals surface area contributed by atoms with E-state index >= 15 is 0 Å². The van der Waals surface area contributed by atoms with Crippen molar-refractivity contribution in [3.05, 3.63) is 206 Å². The molecule has 12 rings (SSSR count). The predicted molar refractivity (Wildman–Crippen MR) is 239 cm³/mol. The Morgan fingerprint density at radius 3 is 1.93 bits per heavy atom. The number of aromatic nitrogens is 2. The van der Waals surface area contributed by atoms with E-state index in [4.69, 9.17) is 7.16 Å². The topological polar surface area (TPSA) is 23.0 Å². The molecular formula is C54H34N2O. The van der Waals surface area contributed by atoms with Crippen molar-refractivity contribution in [1.29, 1.82) is 0 Å². The first kappa shape index (κ1) is 25.5. The number of hydrogen-bond donors (Lipinski definition) is 0. The Hall–Kier alpha value is -7.62. The summed E-state index contributed by atoms with van der Waals surface area (Å²) in [6, 6.07) is 52.2. The third-order valence-corrected chi connectivity index (χ3v) is 11.2. The monoisotopic (exact) mass is 733 g/mol. The van der Waals surface area contributed by atoms with Gasteiger partial charge in [0.25, 0.3) is 0 Å². The molecule has 0 spiro atoms. The minimum atomic E-state index is -0.440. The van der Waals surface area contributed by atoms with Crippen LogP contribution in [0.25, 0.3) is 110 Å². The van der Waals surface area contributed by atoms with Crippen LogP contribution in [-0.2, 0) is 0 Å². The van der Waals surface area contributed by atoms with E-state index in [-0.39, 0.29) is 57.6 Å². The molecule has 0 aliphatic heterocycles. The Balaban J connectivity index is 1.18. The molecule has 0 bridgehead atoms. The molecule has 0 fully saturated rings. The van der Waals surface area contributed by atoms with Gasteiger partial charge in [-0.1, -0.05) is 152 Å². The van der Waals surface area contributed by atoms with Crippen molar-refractivity contribution in [3.63, 3.8) is 0 Å². The van der Waals surface area contributed by atoms with Gasteiger partial charge in [-0.3, -0.25) is 0 Å². The molecule has 12 aromatic rings. The van der Waals surface area contributed by atoms with Gasteiger partial charge in [-0.2, -0.15) is 0 Å². The van der Waals surface area contributed by atoms with Gasteiger partial charge < -0.3 is 13.6 Å². The highest BCUT2D eigenvalue weighted by atomic mass is 16.3. The molecule has 0 atom stereocenters. The maximum atomic E-state index is 10.0. The van der Waals surface area contributed by atoms with Crippen molar-refractivity contribution in [2.75, 3.05) is 0 Å². The van der Waals surface area contributed by atoms with Crippen LogP contribution in [0.2, 0.25) is 0 Å². The van der Waals surface area contributed by atoms with Crippen molar-refractivity contribution in [2.45, 2.75) is 0 Å². The van der Waals surface area contributed by atoms with Crippen LogP contribution in [0.15, 0.2) is 211 Å². The normalized spacial score (nSPS) is 13.6. The molecule has 0 saturated heterocycles. The molecule has 0 N–H and O–H groups in total. The largest absolute Gasteiger partial charge is 0.456 e. The van der Waals surface area contributed by atoms with Crippen LogP contribution < -0.4 is 0 Å². The molecule has 9 aromatic carbocycles. The Kier molecular flexibility index (Phi) is 5.56. The number of para-hydroxylation sites is 4. The molecule has 3 heteroatoms. The molecule has 3 nitrogen and oxygen atoms in total. The van der Waals surface area contributed by atoms with Gasteiger partial charge in [-0.05, 0) is 76.8 Å². The van der Waals surface area contributed by atoms with Crippen LogP contribution >= 0.6 is 0 Å². The zero-order valence-corrected chi connectivity index (χ0v) is 30.4. The summed E-state index contributed by atoms with van der Waals surface area (Å²) in [6.07, 6.45) is 0. The van der Waals surface area contributed by atoms with Crippen LogP contribution in [0.4, 0.5) is 0 Å². The lowest BCUT2D eigenvalue weighted by Gasteiger charge is -2.16. The maximum Gasteiger partial charge on any atom is 0.137 e. The second-order valence-electron chi connectivity index (χ2n) is 14.3. The quantitative estimate of drug-likeness (QED) is 0.173. The fraction of sp³-hybridized carbons (Fsp3) is 0. The van der Waals surface area contributed by atoms with Crippen LogP contribution in [-0.4, -0.2) is 9.13 Å². The SMILES string of the molecule is [2H]c1c([2H])c([2H])c2c(c1[2H])c1c([2H])c(-c3ccc4c(c3)c3cccc(-c5ccccc5)c3n4-c3ccccc3-c3ccccc3)c([2H])c([2H])c1n2-c1cccc2oc3ccccc3c12. The minimum absolute atomic E-state index is 0.100. The summed E-state index contributed by atoms with van der Waals surface area (Å²) in [5, 5.41) is 3.63. The minimum Gasteiger partial charge on any atom is -0.456 e. The van der Waals surface area contributed by atoms with Crippen molar-refractivity contribution in [2.24, 2.45) is 0 Å². The summed E-state index contributed by atoms with van der Waals surface area (Å²) < 4.78 is 75.8. The van der Waals surface area contributed by atoms with E-state index in [0.29, 0.717) is 27.8 Å². The highest BCUT2D eigenvalue weighted by Crippen LogP contribution is 2.43. The molecule has 0 amide bonds. The Morgan fingerprint density at radius 1 is 0.386 bits per heavy atom. The van der Waals surface area contributed by atoms with Gasteiger partial charge >= 0.3 is 0 Å². The van der Waals surface area contributed by atoms with Crippen molar-refractivity contribution in [1.82, 2.24) is 9.13 Å². The van der Waals surface area contributed by atoms with E-state index in [0.717, 1.165) is 55.1 Å². The lowest BCUT2D eigenvalue weighted by atomic mass is 9.99. The van der Waals surface area contributed by atoms with E-state index in [1.807, 2.05) is 103 Å². The van der Waals surface area contributed by atoms with Gasteiger partial charge in [0, 0.05) is 38.1 Å². The van der Waals surface area contributed by atoms with E-state index in [1.54, 1.807) is 10.6 Å². The summed E-state index contributed by atoms with van der Waals surface area (Å²) in [7, 11) is 0. The van der Waals surface area contributed by atoms with E-state index in [2.05, 4.69) is 59.2 Å². The van der Waals surface area contributed by atoms with Gasteiger partial charge in [0.1, 0.15) is 11.2 Å². The molecule has 0 unspecified atom stereocenters. The van der Waals surface area contributed by atoms with Gasteiger partial charge in [-0.15, -0.1) is 0 Å². The number of benzene rings is 9. The highest BCUT2D eigenvalue weighted by Gasteiger charge is 2.21. The van der Waals surface area contributed by atoms with E-state index < -0.39 is 12.1 Å². The number of furan rings is 1. The number of fused-ring (bicyclic) bond motifs is 9. The second-order valence-corrected chi connectivity index (χ2v) is 14.3. The first-order valence-corrected chi connectivity index (χ1v) is 19.0. The van der Waals surface area contributed by atoms with Crippen LogP contribution in [0.5, 0.6) is 0 Å². The third kappa shape index (κ3) is 4.79. The van der Waals surface area contributed by atoms with Gasteiger partial charge in [0.05, 0.1) is 48.4 Å². The average molecular weight is 734 g/mol. The molecule has 57 heavy (non-hydrogen) atoms. The van der Waals surface area contributed by atoms with E-state index in [1.165, 1.54) is 0 Å². The molecular weight excluding hydrogens is 693 g/mol. The molecule has 0 saturated carbocycles. The summed E-state index contributed by atoms with van der Waals surface area (Å²) in [5.41, 5.74) is 9.87. The fourth-order valence-corrected chi connectivity index (χ4v) is 8.70. The Morgan fingerprint density at radius 2 is 1.05 bits per heavy atom. The second kappa shape index (κ2) is 12.5. The van der Waals surface area contributed by atoms with Crippen LogP contribution in [0, 0.1) is 0 Å². The number of nitrogens with zero attached hydrogens (tertiary/aromatic N) is 2. The first-order valence-electron chi connectivity index (χ1n) is 22.5. The molecule has 0 aliphatic rings. The van der Waals surface area contributed by atoms with E-state index in [9.17, 15) is 6.85 Å². The standard InChI is InChI=1S/C54H34N2O/c1-3-15-35(16-4-1)39-19-7-10-24-46(39)56-49-32-30-38(34-45(49)42-23-13-22-40(54(42)56)36-17-5-2-6-18-36)37-29-31-48-44(33-37)41-20-8-11-25-47(41)55(48)50-26-14-28-52-53(50)43-21-9-12-27-51(43)57-52/h1-34H/i8D,11D,20D,25D,29D,31D,33D. The van der Waals surface area contributed by atoms with Crippen molar-refractivity contribution >= 4 is 65.6 Å². The molecule has 266 valence electrons. The smallest absolute Gasteiger partial charge is 0.137 e. The zero-order chi connectivity index (χ0) is 43.5. The van der Waals surface area contributed by atoms with Gasteiger partial charge in [0.15, 0.2) is 0 Å². The fourth-order valence-electron chi connectivity index (χ4n) is 8.70. The molecule has 3 aromatic heterocycles. The lowest BCUT2D eigenvalue weighted by Crippen LogP contribution is -1.98. The Bertz CT molecular complexity index is 3930. The number of rotatable bonds is 5. The van der Waals surface area contributed by atoms with Crippen LogP contribution in [0.3, 0.4) is 0 Å². The van der Waals surface area contributed by atoms with Gasteiger partial charge in [-0.25, -0.2) is 0 Å². The Labute approximate surface area is 338 Å². The molecule has 0 aliphatic carbocycles. The van der Waals surface area contributed by atoms with Crippen LogP contribution in [0.1, 0.15) is 9.60 Å². The first-order chi connectivity index (χ1) is 31.2. The van der Waals surface area contributed by atoms with Crippen molar-refractivity contribution in [3.8, 4) is 44.8 Å². The number of hydrogen-bond acceptors (Lipinski definition) is 1. The highest BCUT2D eigenvalue weighted by molar-refractivity contribution is 6.17. The third-order valence-electron chi connectivity index (χ3n) is 11.2. The summed E-state index contributed by atoms with van der Waals surface area (Å²) in [5.74, 6) is 0. The molecule has 3 heterocycles. The maximum absolute atomic E-state index is 10.0.